The van der Waals surface area contributed by atoms with Crippen LogP contribution in [0.1, 0.15) is 22.7 Å². The van der Waals surface area contributed by atoms with Gasteiger partial charge in [-0.1, -0.05) is 35.0 Å². The number of benzene rings is 1. The summed E-state index contributed by atoms with van der Waals surface area (Å²) < 4.78 is 1.72. The van der Waals surface area contributed by atoms with E-state index in [2.05, 4.69) is 41.5 Å². The molecule has 0 aliphatic carbocycles. The average molecular weight is 230 g/mol. The molecule has 0 saturated heterocycles. The molecule has 2 aromatic rings. The van der Waals surface area contributed by atoms with Gasteiger partial charge in [0.25, 0.3) is 0 Å². The van der Waals surface area contributed by atoms with Crippen LogP contribution < -0.4 is 5.73 Å². The molecule has 90 valence electrons. The Kier molecular flexibility index (Phi) is 3.54. The normalized spacial score (nSPS) is 12.6. The third-order valence-corrected chi connectivity index (χ3v) is 2.90. The highest BCUT2D eigenvalue weighted by atomic mass is 15.4. The number of aromatic nitrogens is 3. The molecule has 2 N–H and O–H groups in total. The molecule has 2 rings (SSSR count). The number of rotatable bonds is 4. The smallest absolute Gasteiger partial charge is 0.0833 e. The molecule has 0 spiro atoms. The van der Waals surface area contributed by atoms with Crippen molar-refractivity contribution in [3.63, 3.8) is 0 Å². The Balaban J connectivity index is 2.16. The lowest BCUT2D eigenvalue weighted by Crippen LogP contribution is -2.15. The Morgan fingerprint density at radius 3 is 2.82 bits per heavy atom. The van der Waals surface area contributed by atoms with Crippen LogP contribution in [-0.4, -0.2) is 21.5 Å². The van der Waals surface area contributed by atoms with Crippen LogP contribution in [0.4, 0.5) is 0 Å². The third kappa shape index (κ3) is 2.91. The van der Waals surface area contributed by atoms with Gasteiger partial charge in [0.15, 0.2) is 0 Å². The van der Waals surface area contributed by atoms with E-state index < -0.39 is 0 Å². The van der Waals surface area contributed by atoms with Crippen LogP contribution in [0.25, 0.3) is 0 Å². The van der Waals surface area contributed by atoms with E-state index in [0.717, 1.165) is 12.1 Å². The topological polar surface area (TPSA) is 56.7 Å². The van der Waals surface area contributed by atoms with Crippen molar-refractivity contribution >= 4 is 0 Å². The summed E-state index contributed by atoms with van der Waals surface area (Å²) in [6.07, 6.45) is 2.78. The van der Waals surface area contributed by atoms with Gasteiger partial charge in [0.05, 0.1) is 5.69 Å². The molecular weight excluding hydrogens is 212 g/mol. The molecule has 1 aromatic carbocycles. The van der Waals surface area contributed by atoms with E-state index in [1.807, 2.05) is 13.2 Å². The van der Waals surface area contributed by atoms with Crippen LogP contribution in [0.15, 0.2) is 30.5 Å². The summed E-state index contributed by atoms with van der Waals surface area (Å²) in [5, 5.41) is 8.05. The van der Waals surface area contributed by atoms with Gasteiger partial charge in [0.1, 0.15) is 0 Å². The first-order valence-electron chi connectivity index (χ1n) is 5.81. The van der Waals surface area contributed by atoms with E-state index in [0.29, 0.717) is 12.5 Å². The predicted octanol–water partition coefficient (Wildman–Crippen LogP) is 1.41. The summed E-state index contributed by atoms with van der Waals surface area (Å²) in [4.78, 5) is 0. The van der Waals surface area contributed by atoms with Crippen molar-refractivity contribution in [2.75, 3.05) is 6.54 Å². The van der Waals surface area contributed by atoms with Gasteiger partial charge in [-0.2, -0.15) is 0 Å². The van der Waals surface area contributed by atoms with Crippen LogP contribution in [0.3, 0.4) is 0 Å². The standard InChI is InChI=1S/C13H18N4/c1-10-4-3-5-11(6-10)12(8-14)7-13-9-17(2)16-15-13/h3-6,9,12H,7-8,14H2,1-2H3. The minimum Gasteiger partial charge on any atom is -0.330 e. The second-order valence-corrected chi connectivity index (χ2v) is 4.43. The lowest BCUT2D eigenvalue weighted by molar-refractivity contribution is 0.676. The van der Waals surface area contributed by atoms with Crippen molar-refractivity contribution in [2.24, 2.45) is 12.8 Å². The fourth-order valence-electron chi connectivity index (χ4n) is 2.00. The van der Waals surface area contributed by atoms with Crippen molar-refractivity contribution in [3.8, 4) is 0 Å². The van der Waals surface area contributed by atoms with E-state index in [9.17, 15) is 0 Å². The maximum atomic E-state index is 5.85. The van der Waals surface area contributed by atoms with E-state index in [-0.39, 0.29) is 0 Å². The minimum atomic E-state index is 0.312. The number of hydrogen-bond donors (Lipinski definition) is 1. The Morgan fingerprint density at radius 2 is 2.24 bits per heavy atom. The Bertz CT molecular complexity index is 490. The molecule has 4 heteroatoms. The van der Waals surface area contributed by atoms with Crippen LogP contribution in [0.5, 0.6) is 0 Å². The first-order chi connectivity index (χ1) is 8.19. The molecule has 1 aromatic heterocycles. The van der Waals surface area contributed by atoms with Crippen molar-refractivity contribution in [3.05, 3.63) is 47.3 Å². The van der Waals surface area contributed by atoms with Crippen molar-refractivity contribution in [1.82, 2.24) is 15.0 Å². The molecule has 1 heterocycles. The van der Waals surface area contributed by atoms with Gasteiger partial charge >= 0.3 is 0 Å². The van der Waals surface area contributed by atoms with Gasteiger partial charge in [-0.15, -0.1) is 5.10 Å². The monoisotopic (exact) mass is 230 g/mol. The molecule has 17 heavy (non-hydrogen) atoms. The fraction of sp³-hybridized carbons (Fsp3) is 0.385. The molecular formula is C13H18N4. The Morgan fingerprint density at radius 1 is 1.41 bits per heavy atom. The summed E-state index contributed by atoms with van der Waals surface area (Å²) >= 11 is 0. The van der Waals surface area contributed by atoms with Gasteiger partial charge in [-0.05, 0) is 19.0 Å². The number of hydrogen-bond acceptors (Lipinski definition) is 3. The second kappa shape index (κ2) is 5.10. The van der Waals surface area contributed by atoms with Crippen molar-refractivity contribution in [2.45, 2.75) is 19.3 Å². The van der Waals surface area contributed by atoms with Gasteiger partial charge in [-0.3, -0.25) is 4.68 Å². The second-order valence-electron chi connectivity index (χ2n) is 4.43. The van der Waals surface area contributed by atoms with Crippen molar-refractivity contribution in [1.29, 1.82) is 0 Å². The molecule has 0 fully saturated rings. The van der Waals surface area contributed by atoms with E-state index in [4.69, 9.17) is 5.73 Å². The van der Waals surface area contributed by atoms with Gasteiger partial charge in [0, 0.05) is 25.6 Å². The summed E-state index contributed by atoms with van der Waals surface area (Å²) in [6, 6.07) is 8.48. The highest BCUT2D eigenvalue weighted by Gasteiger charge is 2.12. The van der Waals surface area contributed by atoms with Gasteiger partial charge < -0.3 is 5.73 Å². The van der Waals surface area contributed by atoms with Crippen LogP contribution in [0.2, 0.25) is 0 Å². The number of nitrogens with two attached hydrogens (primary N) is 1. The maximum Gasteiger partial charge on any atom is 0.0833 e. The molecule has 0 aliphatic rings. The third-order valence-electron chi connectivity index (χ3n) is 2.90. The highest BCUT2D eigenvalue weighted by Crippen LogP contribution is 2.19. The Labute approximate surface area is 101 Å². The van der Waals surface area contributed by atoms with E-state index >= 15 is 0 Å². The van der Waals surface area contributed by atoms with Crippen molar-refractivity contribution < 1.29 is 0 Å². The van der Waals surface area contributed by atoms with Gasteiger partial charge in [0.2, 0.25) is 0 Å². The first-order valence-corrected chi connectivity index (χ1v) is 5.81. The van der Waals surface area contributed by atoms with Crippen LogP contribution in [-0.2, 0) is 13.5 Å². The first kappa shape index (κ1) is 11.8. The highest BCUT2D eigenvalue weighted by molar-refractivity contribution is 5.26. The quantitative estimate of drug-likeness (QED) is 0.864. The zero-order valence-corrected chi connectivity index (χ0v) is 10.3. The molecule has 0 radical (unpaired) electrons. The molecule has 0 bridgehead atoms. The zero-order valence-electron chi connectivity index (χ0n) is 10.3. The molecule has 1 atom stereocenters. The molecule has 1 unspecified atom stereocenters. The maximum absolute atomic E-state index is 5.85. The number of aryl methyl sites for hydroxylation is 2. The summed E-state index contributed by atoms with van der Waals surface area (Å²) in [6.45, 7) is 2.72. The predicted molar refractivity (Wildman–Crippen MR) is 67.7 cm³/mol. The van der Waals surface area contributed by atoms with E-state index in [1.165, 1.54) is 11.1 Å². The Hall–Kier alpha value is -1.68. The van der Waals surface area contributed by atoms with Gasteiger partial charge in [-0.25, -0.2) is 0 Å². The lowest BCUT2D eigenvalue weighted by Gasteiger charge is -2.14. The lowest BCUT2D eigenvalue weighted by atomic mass is 9.93. The molecule has 0 saturated carbocycles. The SMILES string of the molecule is Cc1cccc(C(CN)Cc2cn(C)nn2)c1. The zero-order chi connectivity index (χ0) is 12.3. The molecule has 0 aliphatic heterocycles. The summed E-state index contributed by atoms with van der Waals surface area (Å²) in [5.41, 5.74) is 9.38. The summed E-state index contributed by atoms with van der Waals surface area (Å²) in [7, 11) is 1.88. The fourth-order valence-corrected chi connectivity index (χ4v) is 2.00. The molecule has 4 nitrogen and oxygen atoms in total. The number of nitrogens with zero attached hydrogens (tertiary/aromatic N) is 3. The van der Waals surface area contributed by atoms with Crippen LogP contribution in [0, 0.1) is 6.92 Å². The average Bonchev–Trinajstić information content (AvgIpc) is 2.72. The van der Waals surface area contributed by atoms with E-state index in [1.54, 1.807) is 4.68 Å². The summed E-state index contributed by atoms with van der Waals surface area (Å²) in [5.74, 6) is 0.312. The molecule has 0 amide bonds. The largest absolute Gasteiger partial charge is 0.330 e. The minimum absolute atomic E-state index is 0.312. The van der Waals surface area contributed by atoms with Crippen LogP contribution >= 0.6 is 0 Å².